The van der Waals surface area contributed by atoms with E-state index in [0.717, 1.165) is 4.90 Å². The summed E-state index contributed by atoms with van der Waals surface area (Å²) >= 11 is 1.31. The maximum atomic E-state index is 12.7. The van der Waals surface area contributed by atoms with Gasteiger partial charge in [-0.05, 0) is 37.3 Å². The monoisotopic (exact) mass is 366 g/mol. The molecule has 0 aliphatic heterocycles. The van der Waals surface area contributed by atoms with Crippen molar-refractivity contribution in [3.63, 3.8) is 0 Å². The largest absolute Gasteiger partial charge is 0.426 e. The van der Waals surface area contributed by atoms with Crippen molar-refractivity contribution in [2.45, 2.75) is 28.5 Å². The molecule has 2 aromatic rings. The van der Waals surface area contributed by atoms with Gasteiger partial charge in [0.15, 0.2) is 0 Å². The lowest BCUT2D eigenvalue weighted by Gasteiger charge is -2.24. The van der Waals surface area contributed by atoms with Gasteiger partial charge in [-0.2, -0.15) is 18.4 Å². The molecule has 130 valence electrons. The predicted octanol–water partition coefficient (Wildman–Crippen LogP) is 3.96. The molecule has 8 heteroatoms. The van der Waals surface area contributed by atoms with E-state index < -0.39 is 17.7 Å². The Morgan fingerprint density at radius 1 is 1.20 bits per heavy atom. The molecule has 0 saturated heterocycles. The van der Waals surface area contributed by atoms with E-state index in [0.29, 0.717) is 11.8 Å². The molecule has 2 aromatic carbocycles. The van der Waals surface area contributed by atoms with E-state index in [1.807, 2.05) is 41.7 Å². The van der Waals surface area contributed by atoms with Crippen LogP contribution in [0.4, 0.5) is 18.9 Å². The third-order valence-corrected chi connectivity index (χ3v) is 4.41. The van der Waals surface area contributed by atoms with E-state index in [4.69, 9.17) is 0 Å². The number of hydrogen-bond acceptors (Lipinski definition) is 4. The molecule has 0 saturated carbocycles. The summed E-state index contributed by atoms with van der Waals surface area (Å²) in [6.07, 6.45) is -5.11. The molecule has 1 atom stereocenters. The summed E-state index contributed by atoms with van der Waals surface area (Å²) in [7, 11) is 0. The fraction of sp³-hybridized carbons (Fsp3) is 0.176. The Morgan fingerprint density at radius 2 is 1.84 bits per heavy atom. The summed E-state index contributed by atoms with van der Waals surface area (Å²) in [4.78, 5) is 13.2. The van der Waals surface area contributed by atoms with Crippen LogP contribution in [-0.2, 0) is 4.79 Å². The zero-order valence-corrected chi connectivity index (χ0v) is 13.8. The van der Waals surface area contributed by atoms with Gasteiger partial charge < -0.3 is 10.4 Å². The average molecular weight is 366 g/mol. The third-order valence-electron chi connectivity index (χ3n) is 3.32. The smallest absolute Gasteiger partial charge is 0.373 e. The van der Waals surface area contributed by atoms with Gasteiger partial charge in [0.05, 0.1) is 5.56 Å². The highest BCUT2D eigenvalue weighted by molar-refractivity contribution is 7.99. The second-order valence-corrected chi connectivity index (χ2v) is 6.38. The molecule has 1 unspecified atom stereocenters. The molecule has 0 spiro atoms. The molecule has 0 aromatic heterocycles. The second kappa shape index (κ2) is 7.17. The van der Waals surface area contributed by atoms with E-state index in [1.165, 1.54) is 30.0 Å². The average Bonchev–Trinajstić information content (AvgIpc) is 2.56. The zero-order chi connectivity index (χ0) is 18.7. The number of alkyl halides is 3. The zero-order valence-electron chi connectivity index (χ0n) is 13.0. The first-order chi connectivity index (χ1) is 11.6. The molecule has 1 amide bonds. The van der Waals surface area contributed by atoms with Gasteiger partial charge in [0.2, 0.25) is 5.60 Å². The summed E-state index contributed by atoms with van der Waals surface area (Å²) in [5, 5.41) is 20.6. The lowest BCUT2D eigenvalue weighted by Crippen LogP contribution is -2.52. The number of aliphatic hydroxyl groups is 1. The van der Waals surface area contributed by atoms with Crippen molar-refractivity contribution < 1.29 is 23.1 Å². The molecule has 0 fully saturated rings. The molecule has 2 N–H and O–H groups in total. The van der Waals surface area contributed by atoms with Gasteiger partial charge >= 0.3 is 6.18 Å². The lowest BCUT2D eigenvalue weighted by molar-refractivity contribution is -0.242. The van der Waals surface area contributed by atoms with E-state index in [9.17, 15) is 28.3 Å². The maximum absolute atomic E-state index is 12.7. The molecule has 0 aliphatic rings. The Bertz CT molecular complexity index is 815. The first kappa shape index (κ1) is 18.8. The Hall–Kier alpha value is -2.50. The van der Waals surface area contributed by atoms with E-state index >= 15 is 0 Å². The van der Waals surface area contributed by atoms with Gasteiger partial charge in [-0.25, -0.2) is 0 Å². The van der Waals surface area contributed by atoms with Crippen LogP contribution < -0.4 is 5.32 Å². The van der Waals surface area contributed by atoms with Crippen LogP contribution in [0.1, 0.15) is 12.5 Å². The van der Waals surface area contributed by atoms with Crippen molar-refractivity contribution in [1.29, 1.82) is 5.26 Å². The minimum atomic E-state index is -5.11. The van der Waals surface area contributed by atoms with Crippen LogP contribution >= 0.6 is 11.8 Å². The fourth-order valence-electron chi connectivity index (χ4n) is 1.78. The van der Waals surface area contributed by atoms with Crippen LogP contribution in [0.5, 0.6) is 0 Å². The predicted molar refractivity (Wildman–Crippen MR) is 87.0 cm³/mol. The molecular weight excluding hydrogens is 353 g/mol. The number of hydrogen-bond donors (Lipinski definition) is 2. The number of carbonyl (C=O) groups is 1. The lowest BCUT2D eigenvalue weighted by atomic mass is 10.1. The van der Waals surface area contributed by atoms with Gasteiger partial charge in [0.25, 0.3) is 5.91 Å². The van der Waals surface area contributed by atoms with E-state index in [-0.39, 0.29) is 11.3 Å². The summed E-state index contributed by atoms with van der Waals surface area (Å²) in [6.45, 7) is 0.368. The number of amides is 1. The molecule has 4 nitrogen and oxygen atoms in total. The van der Waals surface area contributed by atoms with Crippen molar-refractivity contribution in [3.8, 4) is 6.07 Å². The number of rotatable bonds is 4. The molecular formula is C17H13F3N2O2S. The normalized spacial score (nSPS) is 13.6. The quantitative estimate of drug-likeness (QED) is 0.859. The topological polar surface area (TPSA) is 73.1 Å². The van der Waals surface area contributed by atoms with Crippen LogP contribution in [0, 0.1) is 11.3 Å². The summed E-state index contributed by atoms with van der Waals surface area (Å²) in [5.41, 5.74) is -3.35. The first-order valence-corrected chi connectivity index (χ1v) is 7.84. The molecule has 0 aliphatic carbocycles. The Labute approximate surface area is 146 Å². The minimum Gasteiger partial charge on any atom is -0.373 e. The van der Waals surface area contributed by atoms with Gasteiger partial charge in [0, 0.05) is 15.5 Å². The number of nitrogens with zero attached hydrogens (tertiary/aromatic N) is 1. The van der Waals surface area contributed by atoms with Crippen molar-refractivity contribution in [3.05, 3.63) is 54.1 Å². The Kier molecular flexibility index (Phi) is 5.40. The molecule has 0 bridgehead atoms. The van der Waals surface area contributed by atoms with E-state index in [2.05, 4.69) is 0 Å². The second-order valence-electron chi connectivity index (χ2n) is 5.26. The van der Waals surface area contributed by atoms with Gasteiger partial charge in [-0.15, -0.1) is 0 Å². The van der Waals surface area contributed by atoms with Crippen molar-refractivity contribution in [2.75, 3.05) is 5.32 Å². The van der Waals surface area contributed by atoms with Crippen LogP contribution in [0.3, 0.4) is 0 Å². The van der Waals surface area contributed by atoms with Gasteiger partial charge in [0.1, 0.15) is 6.07 Å². The number of halogens is 3. The Balaban J connectivity index is 2.22. The van der Waals surface area contributed by atoms with Gasteiger partial charge in [-0.1, -0.05) is 30.0 Å². The first-order valence-electron chi connectivity index (χ1n) is 7.03. The van der Waals surface area contributed by atoms with Crippen LogP contribution in [0.2, 0.25) is 0 Å². The van der Waals surface area contributed by atoms with E-state index in [1.54, 1.807) is 0 Å². The number of nitriles is 1. The molecule has 0 heterocycles. The van der Waals surface area contributed by atoms with Crippen LogP contribution in [-0.4, -0.2) is 22.8 Å². The number of benzene rings is 2. The standard InChI is InChI=1S/C17H13F3N2O2S/c1-16(24,17(18,19)20)15(23)22-12-7-8-14(11(9-12)10-21)25-13-5-3-2-4-6-13/h2-9,24H,1H3,(H,22,23). The Morgan fingerprint density at radius 3 is 2.40 bits per heavy atom. The summed E-state index contributed by atoms with van der Waals surface area (Å²) in [6, 6.07) is 15.3. The third kappa shape index (κ3) is 4.32. The van der Waals surface area contributed by atoms with Crippen molar-refractivity contribution in [2.24, 2.45) is 0 Å². The van der Waals surface area contributed by atoms with Crippen molar-refractivity contribution in [1.82, 2.24) is 0 Å². The van der Waals surface area contributed by atoms with Crippen molar-refractivity contribution >= 4 is 23.4 Å². The van der Waals surface area contributed by atoms with Crippen LogP contribution in [0.15, 0.2) is 58.3 Å². The van der Waals surface area contributed by atoms with Gasteiger partial charge in [-0.3, -0.25) is 4.79 Å². The number of carbonyl (C=O) groups excluding carboxylic acids is 1. The highest BCUT2D eigenvalue weighted by Crippen LogP contribution is 2.33. The summed E-state index contributed by atoms with van der Waals surface area (Å²) in [5.74, 6) is -1.62. The highest BCUT2D eigenvalue weighted by Gasteiger charge is 2.55. The minimum absolute atomic E-state index is 0.0107. The fourth-order valence-corrected chi connectivity index (χ4v) is 2.68. The number of nitrogens with one attached hydrogen (secondary N) is 1. The molecule has 2 rings (SSSR count). The molecule has 25 heavy (non-hydrogen) atoms. The SMILES string of the molecule is CC(O)(C(=O)Nc1ccc(Sc2ccccc2)c(C#N)c1)C(F)(F)F. The maximum Gasteiger partial charge on any atom is 0.426 e. The van der Waals surface area contributed by atoms with Crippen LogP contribution in [0.25, 0.3) is 0 Å². The summed E-state index contributed by atoms with van der Waals surface area (Å²) < 4.78 is 38.0. The molecule has 0 radical (unpaired) electrons. The highest BCUT2D eigenvalue weighted by atomic mass is 32.2. The number of anilines is 1.